The van der Waals surface area contributed by atoms with E-state index in [0.29, 0.717) is 38.2 Å². The van der Waals surface area contributed by atoms with Crippen LogP contribution in [0, 0.1) is 0 Å². The summed E-state index contributed by atoms with van der Waals surface area (Å²) in [7, 11) is -2.93. The molecule has 0 radical (unpaired) electrons. The summed E-state index contributed by atoms with van der Waals surface area (Å²) in [6.45, 7) is 1.19. The second-order valence-corrected chi connectivity index (χ2v) is 11.4. The molecule has 0 aliphatic carbocycles. The van der Waals surface area contributed by atoms with Crippen LogP contribution in [0.4, 0.5) is 24.5 Å². The molecular weight excluding hydrogens is 621 g/mol. The maximum Gasteiger partial charge on any atom is 0.449 e. The van der Waals surface area contributed by atoms with Crippen LogP contribution in [0.5, 0.6) is 5.75 Å². The number of hydrogen-bond acceptors (Lipinski definition) is 7. The van der Waals surface area contributed by atoms with Crippen LogP contribution >= 0.6 is 15.9 Å². The summed E-state index contributed by atoms with van der Waals surface area (Å²) in [6.07, 6.45) is -2.56. The van der Waals surface area contributed by atoms with Gasteiger partial charge in [-0.2, -0.15) is 13.2 Å². The van der Waals surface area contributed by atoms with E-state index in [9.17, 15) is 26.4 Å². The summed E-state index contributed by atoms with van der Waals surface area (Å²) in [4.78, 5) is 17.4. The lowest BCUT2D eigenvalue weighted by molar-refractivity contribution is -0.144. The topological polar surface area (TPSA) is 123 Å². The number of imidazole rings is 1. The number of halogens is 4. The summed E-state index contributed by atoms with van der Waals surface area (Å²) in [6, 6.07) is 10.7. The number of ether oxygens (including phenoxy) is 3. The number of aromatic amines is 1. The number of unbranched alkanes of at least 4 members (excludes halogenated alkanes) is 1. The minimum atomic E-state index is -4.76. The Labute approximate surface area is 237 Å². The first-order valence-electron chi connectivity index (χ1n) is 12.1. The number of aromatic nitrogens is 2. The Morgan fingerprint density at radius 3 is 2.50 bits per heavy atom. The second kappa shape index (κ2) is 12.6. The van der Waals surface area contributed by atoms with E-state index in [0.717, 1.165) is 10.7 Å². The molecule has 1 aliphatic heterocycles. The van der Waals surface area contributed by atoms with E-state index >= 15 is 0 Å². The van der Waals surface area contributed by atoms with Crippen LogP contribution < -0.4 is 14.4 Å². The molecule has 4 rings (SSSR count). The van der Waals surface area contributed by atoms with Crippen LogP contribution in [0.1, 0.15) is 35.6 Å². The van der Waals surface area contributed by atoms with Crippen molar-refractivity contribution in [2.45, 2.75) is 36.6 Å². The number of nitrogens with one attached hydrogen (secondary N) is 2. The summed E-state index contributed by atoms with van der Waals surface area (Å²) in [5.74, 6) is -2.24. The predicted octanol–water partition coefficient (Wildman–Crippen LogP) is 5.19. The average molecular weight is 647 g/mol. The maximum atomic E-state index is 14.0. The van der Waals surface area contributed by atoms with Crippen molar-refractivity contribution in [1.82, 2.24) is 9.97 Å². The van der Waals surface area contributed by atoms with Crippen LogP contribution in [0.3, 0.4) is 0 Å². The third kappa shape index (κ3) is 7.13. The van der Waals surface area contributed by atoms with Crippen LogP contribution in [0.25, 0.3) is 0 Å². The van der Waals surface area contributed by atoms with Gasteiger partial charge in [0, 0.05) is 16.7 Å². The first-order chi connectivity index (χ1) is 19.0. The first kappa shape index (κ1) is 29.8. The molecule has 1 saturated heterocycles. The van der Waals surface area contributed by atoms with Gasteiger partial charge in [-0.25, -0.2) is 13.4 Å². The van der Waals surface area contributed by atoms with Crippen molar-refractivity contribution in [3.8, 4) is 5.75 Å². The quantitative estimate of drug-likeness (QED) is 0.275. The largest absolute Gasteiger partial charge is 0.495 e. The van der Waals surface area contributed by atoms with Gasteiger partial charge in [-0.1, -0.05) is 15.9 Å². The minimum absolute atomic E-state index is 0.0220. The number of nitrogens with zero attached hydrogens (tertiary/aromatic N) is 2. The lowest BCUT2D eigenvalue weighted by Crippen LogP contribution is -2.32. The number of sulfonamides is 1. The van der Waals surface area contributed by atoms with Crippen molar-refractivity contribution in [2.75, 3.05) is 36.5 Å². The number of hydrogen-bond donors (Lipinski definition) is 2. The highest BCUT2D eigenvalue weighted by Gasteiger charge is 2.35. The minimum Gasteiger partial charge on any atom is -0.495 e. The molecular formula is C25H26BrF3N4O6S. The summed E-state index contributed by atoms with van der Waals surface area (Å²) in [5, 5.41) is 2.41. The van der Waals surface area contributed by atoms with Gasteiger partial charge in [-0.3, -0.25) is 9.10 Å². The molecule has 216 valence electrons. The Morgan fingerprint density at radius 1 is 1.18 bits per heavy atom. The molecule has 2 aromatic carbocycles. The Hall–Kier alpha value is -3.14. The Balaban J connectivity index is 1.59. The highest BCUT2D eigenvalue weighted by atomic mass is 79.9. The van der Waals surface area contributed by atoms with Gasteiger partial charge >= 0.3 is 6.18 Å². The normalized spacial score (nSPS) is 14.3. The second-order valence-electron chi connectivity index (χ2n) is 8.68. The van der Waals surface area contributed by atoms with Crippen molar-refractivity contribution in [1.29, 1.82) is 0 Å². The number of H-pyrrole nitrogens is 1. The Bertz CT molecular complexity index is 1430. The van der Waals surface area contributed by atoms with Crippen LogP contribution in [-0.2, 0) is 25.7 Å². The zero-order chi connectivity index (χ0) is 28.9. The number of alkyl halides is 3. The number of amides is 1. The van der Waals surface area contributed by atoms with Gasteiger partial charge in [0.05, 0.1) is 32.2 Å². The molecule has 3 aromatic rings. The Morgan fingerprint density at radius 2 is 1.88 bits per heavy atom. The van der Waals surface area contributed by atoms with Crippen molar-refractivity contribution in [2.24, 2.45) is 0 Å². The van der Waals surface area contributed by atoms with Gasteiger partial charge in [-0.05, 0) is 61.7 Å². The zero-order valence-corrected chi connectivity index (χ0v) is 23.6. The molecule has 0 spiro atoms. The number of methoxy groups -OCH3 is 1. The smallest absolute Gasteiger partial charge is 0.449 e. The van der Waals surface area contributed by atoms with E-state index in [1.165, 1.54) is 29.6 Å². The van der Waals surface area contributed by atoms with E-state index in [1.54, 1.807) is 24.3 Å². The number of rotatable bonds is 11. The molecule has 0 atom stereocenters. The van der Waals surface area contributed by atoms with Crippen molar-refractivity contribution in [3.05, 3.63) is 64.7 Å². The van der Waals surface area contributed by atoms with E-state index in [2.05, 4.69) is 26.2 Å². The molecule has 0 unspecified atom stereocenters. The third-order valence-electron chi connectivity index (χ3n) is 5.93. The van der Waals surface area contributed by atoms with Gasteiger partial charge < -0.3 is 24.5 Å². The molecule has 15 heteroatoms. The van der Waals surface area contributed by atoms with Gasteiger partial charge in [0.25, 0.3) is 15.9 Å². The molecule has 1 aliphatic rings. The van der Waals surface area contributed by atoms with Gasteiger partial charge in [0.2, 0.25) is 5.82 Å². The molecule has 40 heavy (non-hydrogen) atoms. The van der Waals surface area contributed by atoms with Crippen molar-refractivity contribution in [3.63, 3.8) is 0 Å². The average Bonchev–Trinajstić information content (AvgIpc) is 3.62. The standard InChI is InChI=1S/C25H26BrF3N4O6S/c1-37-20-10-7-17(31-23(34)19-15-30-24(32-19)25(27,28)29)14-21(20)40(35,36)33(18-8-5-16(26)6-9-18)11-3-2-4-22-38-12-13-39-22/h5-10,14-15,22H,2-4,11-13H2,1H3,(H,30,32)(H,31,34). The maximum absolute atomic E-state index is 14.0. The number of benzene rings is 2. The van der Waals surface area contributed by atoms with Crippen LogP contribution in [-0.4, -0.2) is 57.5 Å². The molecule has 2 heterocycles. The molecule has 2 N–H and O–H groups in total. The molecule has 10 nitrogen and oxygen atoms in total. The monoisotopic (exact) mass is 646 g/mol. The molecule has 1 aromatic heterocycles. The molecule has 0 bridgehead atoms. The van der Waals surface area contributed by atoms with Crippen molar-refractivity contribution < 1.29 is 40.6 Å². The SMILES string of the molecule is COc1ccc(NC(=O)c2cnc(C(F)(F)F)[nH]2)cc1S(=O)(=O)N(CCCCC1OCCO1)c1ccc(Br)cc1. The fourth-order valence-corrected chi connectivity index (χ4v) is 5.94. The van der Waals surface area contributed by atoms with Gasteiger partial charge in [0.1, 0.15) is 16.3 Å². The molecule has 1 amide bonds. The van der Waals surface area contributed by atoms with Crippen molar-refractivity contribution >= 4 is 43.2 Å². The highest BCUT2D eigenvalue weighted by Crippen LogP contribution is 2.33. The van der Waals surface area contributed by atoms with E-state index < -0.39 is 33.6 Å². The fourth-order valence-electron chi connectivity index (χ4n) is 3.99. The first-order valence-corrected chi connectivity index (χ1v) is 14.4. The van der Waals surface area contributed by atoms with Crippen LogP contribution in [0.2, 0.25) is 0 Å². The zero-order valence-electron chi connectivity index (χ0n) is 21.2. The number of carbonyl (C=O) groups is 1. The molecule has 1 fully saturated rings. The fraction of sp³-hybridized carbons (Fsp3) is 0.360. The lowest BCUT2D eigenvalue weighted by Gasteiger charge is -2.26. The van der Waals surface area contributed by atoms with E-state index in [4.69, 9.17) is 14.2 Å². The lowest BCUT2D eigenvalue weighted by atomic mass is 10.2. The van der Waals surface area contributed by atoms with E-state index in [1.807, 2.05) is 4.98 Å². The predicted molar refractivity (Wildman–Crippen MR) is 143 cm³/mol. The van der Waals surface area contributed by atoms with E-state index in [-0.39, 0.29) is 29.2 Å². The number of carbonyl (C=O) groups excluding carboxylic acids is 1. The Kier molecular flexibility index (Phi) is 9.38. The van der Waals surface area contributed by atoms with Gasteiger partial charge in [0.15, 0.2) is 6.29 Å². The molecule has 0 saturated carbocycles. The van der Waals surface area contributed by atoms with Crippen LogP contribution in [0.15, 0.2) is 58.0 Å². The highest BCUT2D eigenvalue weighted by molar-refractivity contribution is 9.10. The third-order valence-corrected chi connectivity index (χ3v) is 8.31. The summed E-state index contributed by atoms with van der Waals surface area (Å²) < 4.78 is 84.8. The van der Waals surface area contributed by atoms with Gasteiger partial charge in [-0.15, -0.1) is 0 Å². The number of anilines is 2. The summed E-state index contributed by atoms with van der Waals surface area (Å²) >= 11 is 3.35. The summed E-state index contributed by atoms with van der Waals surface area (Å²) in [5.41, 5.74) is -0.0109.